The van der Waals surface area contributed by atoms with Gasteiger partial charge in [0, 0.05) is 28.8 Å². The Hall–Kier alpha value is -1.96. The number of nitrogens with zero attached hydrogens (tertiary/aromatic N) is 3. The molecule has 0 spiro atoms. The van der Waals surface area contributed by atoms with Crippen LogP contribution in [0.3, 0.4) is 0 Å². The summed E-state index contributed by atoms with van der Waals surface area (Å²) in [6.07, 6.45) is 3.43. The lowest BCUT2D eigenvalue weighted by Crippen LogP contribution is -1.96. The summed E-state index contributed by atoms with van der Waals surface area (Å²) in [6.45, 7) is 2.02. The standard InChI is InChI=1S/C14H11IN4O/c1-9-5-6-16-13(7-9)19-12-4-2-3-10(18-12)11-8-17-14(15)20-11/h2-8H,1H3,(H,16,18,19). The molecular weight excluding hydrogens is 367 g/mol. The second-order valence-electron chi connectivity index (χ2n) is 4.23. The van der Waals surface area contributed by atoms with Crippen LogP contribution < -0.4 is 5.32 Å². The maximum atomic E-state index is 5.46. The molecule has 0 radical (unpaired) electrons. The van der Waals surface area contributed by atoms with E-state index in [1.54, 1.807) is 12.4 Å². The fourth-order valence-electron chi connectivity index (χ4n) is 1.75. The summed E-state index contributed by atoms with van der Waals surface area (Å²) < 4.78 is 6.06. The van der Waals surface area contributed by atoms with Crippen molar-refractivity contribution in [1.29, 1.82) is 0 Å². The van der Waals surface area contributed by atoms with Crippen molar-refractivity contribution in [1.82, 2.24) is 15.0 Å². The Morgan fingerprint density at radius 1 is 1.15 bits per heavy atom. The summed E-state index contributed by atoms with van der Waals surface area (Å²) in [6, 6.07) is 9.59. The van der Waals surface area contributed by atoms with Gasteiger partial charge >= 0.3 is 0 Å². The normalized spacial score (nSPS) is 10.5. The first kappa shape index (κ1) is 13.0. The van der Waals surface area contributed by atoms with Crippen LogP contribution in [0.25, 0.3) is 11.5 Å². The van der Waals surface area contributed by atoms with Gasteiger partial charge < -0.3 is 9.73 Å². The van der Waals surface area contributed by atoms with E-state index in [1.165, 1.54) is 0 Å². The van der Waals surface area contributed by atoms with Crippen LogP contribution in [-0.2, 0) is 0 Å². The maximum Gasteiger partial charge on any atom is 0.257 e. The minimum absolute atomic E-state index is 0.595. The van der Waals surface area contributed by atoms with E-state index in [1.807, 2.05) is 59.8 Å². The van der Waals surface area contributed by atoms with Crippen LogP contribution in [0.4, 0.5) is 11.6 Å². The molecule has 0 aliphatic carbocycles. The second kappa shape index (κ2) is 5.58. The van der Waals surface area contributed by atoms with Crippen LogP contribution in [0, 0.1) is 10.8 Å². The van der Waals surface area contributed by atoms with E-state index in [0.717, 1.165) is 17.1 Å². The smallest absolute Gasteiger partial charge is 0.257 e. The minimum atomic E-state index is 0.595. The molecule has 20 heavy (non-hydrogen) atoms. The van der Waals surface area contributed by atoms with Gasteiger partial charge in [-0.2, -0.15) is 0 Å². The Labute approximate surface area is 129 Å². The van der Waals surface area contributed by atoms with E-state index in [2.05, 4.69) is 20.3 Å². The summed E-state index contributed by atoms with van der Waals surface area (Å²) >= 11 is 2.03. The number of aromatic nitrogens is 3. The highest BCUT2D eigenvalue weighted by atomic mass is 127. The molecule has 0 aliphatic heterocycles. The maximum absolute atomic E-state index is 5.46. The molecule has 0 amide bonds. The molecule has 0 aliphatic rings. The van der Waals surface area contributed by atoms with E-state index in [0.29, 0.717) is 15.5 Å². The van der Waals surface area contributed by atoms with Crippen LogP contribution in [0.1, 0.15) is 5.56 Å². The molecule has 0 unspecified atom stereocenters. The number of hydrogen-bond acceptors (Lipinski definition) is 5. The number of pyridine rings is 2. The van der Waals surface area contributed by atoms with Crippen LogP contribution in [0.2, 0.25) is 0 Å². The van der Waals surface area contributed by atoms with Crippen molar-refractivity contribution in [2.45, 2.75) is 6.92 Å². The van der Waals surface area contributed by atoms with Crippen LogP contribution in [-0.4, -0.2) is 15.0 Å². The molecular formula is C14H11IN4O. The summed E-state index contributed by atoms with van der Waals surface area (Å²) in [5.41, 5.74) is 1.88. The lowest BCUT2D eigenvalue weighted by molar-refractivity contribution is 0.537. The Bertz CT molecular complexity index is 741. The zero-order chi connectivity index (χ0) is 13.9. The van der Waals surface area contributed by atoms with Gasteiger partial charge in [-0.3, -0.25) is 0 Å². The minimum Gasteiger partial charge on any atom is -0.430 e. The summed E-state index contributed by atoms with van der Waals surface area (Å²) in [5, 5.41) is 3.18. The molecule has 6 heteroatoms. The summed E-state index contributed by atoms with van der Waals surface area (Å²) in [5.74, 6) is 2.13. The highest BCUT2D eigenvalue weighted by molar-refractivity contribution is 14.1. The molecule has 0 saturated heterocycles. The largest absolute Gasteiger partial charge is 0.430 e. The Morgan fingerprint density at radius 2 is 2.05 bits per heavy atom. The molecule has 0 atom stereocenters. The van der Waals surface area contributed by atoms with E-state index in [-0.39, 0.29) is 0 Å². The fourth-order valence-corrected chi connectivity index (χ4v) is 2.13. The van der Waals surface area contributed by atoms with Crippen molar-refractivity contribution in [3.05, 3.63) is 52.2 Å². The first-order valence-corrected chi connectivity index (χ1v) is 7.07. The van der Waals surface area contributed by atoms with Crippen LogP contribution in [0.15, 0.2) is 47.1 Å². The average Bonchev–Trinajstić information content (AvgIpc) is 2.86. The number of aryl methyl sites for hydroxylation is 1. The average molecular weight is 378 g/mol. The van der Waals surface area contributed by atoms with E-state index >= 15 is 0 Å². The third kappa shape index (κ3) is 2.96. The molecule has 1 N–H and O–H groups in total. The van der Waals surface area contributed by atoms with Gasteiger partial charge in [-0.15, -0.1) is 0 Å². The van der Waals surface area contributed by atoms with E-state index < -0.39 is 0 Å². The monoisotopic (exact) mass is 378 g/mol. The highest BCUT2D eigenvalue weighted by Crippen LogP contribution is 2.21. The van der Waals surface area contributed by atoms with Gasteiger partial charge in [0.25, 0.3) is 3.90 Å². The predicted molar refractivity (Wildman–Crippen MR) is 84.7 cm³/mol. The zero-order valence-corrected chi connectivity index (χ0v) is 12.8. The topological polar surface area (TPSA) is 63.8 Å². The molecule has 3 heterocycles. The van der Waals surface area contributed by atoms with Gasteiger partial charge in [-0.25, -0.2) is 15.0 Å². The molecule has 5 nitrogen and oxygen atoms in total. The lowest BCUT2D eigenvalue weighted by atomic mass is 10.3. The van der Waals surface area contributed by atoms with E-state index in [9.17, 15) is 0 Å². The van der Waals surface area contributed by atoms with Gasteiger partial charge in [-0.05, 0) is 36.8 Å². The molecule has 3 aromatic rings. The summed E-state index contributed by atoms with van der Waals surface area (Å²) in [4.78, 5) is 12.8. The third-order valence-corrected chi connectivity index (χ3v) is 3.15. The van der Waals surface area contributed by atoms with Crippen LogP contribution >= 0.6 is 22.6 Å². The van der Waals surface area contributed by atoms with Crippen molar-refractivity contribution >= 4 is 34.2 Å². The van der Waals surface area contributed by atoms with Gasteiger partial charge in [0.15, 0.2) is 5.76 Å². The third-order valence-electron chi connectivity index (χ3n) is 2.65. The molecule has 3 rings (SSSR count). The fraction of sp³-hybridized carbons (Fsp3) is 0.0714. The molecule has 0 saturated carbocycles. The molecule has 0 bridgehead atoms. The summed E-state index contributed by atoms with van der Waals surface area (Å²) in [7, 11) is 0. The number of oxazole rings is 1. The number of halogens is 1. The Balaban J connectivity index is 1.88. The zero-order valence-electron chi connectivity index (χ0n) is 10.7. The first-order valence-electron chi connectivity index (χ1n) is 5.99. The molecule has 3 aromatic heterocycles. The van der Waals surface area contributed by atoms with Gasteiger partial charge in [-0.1, -0.05) is 6.07 Å². The lowest BCUT2D eigenvalue weighted by Gasteiger charge is -2.06. The van der Waals surface area contributed by atoms with Crippen molar-refractivity contribution in [3.8, 4) is 11.5 Å². The Kier molecular flexibility index (Phi) is 3.64. The van der Waals surface area contributed by atoms with Gasteiger partial charge in [0.2, 0.25) is 0 Å². The first-order chi connectivity index (χ1) is 9.70. The van der Waals surface area contributed by atoms with Gasteiger partial charge in [0.05, 0.1) is 6.20 Å². The van der Waals surface area contributed by atoms with Gasteiger partial charge in [0.1, 0.15) is 17.3 Å². The number of rotatable bonds is 3. The van der Waals surface area contributed by atoms with Crippen molar-refractivity contribution < 1.29 is 4.42 Å². The van der Waals surface area contributed by atoms with Crippen LogP contribution in [0.5, 0.6) is 0 Å². The van der Waals surface area contributed by atoms with E-state index in [4.69, 9.17) is 4.42 Å². The quantitative estimate of drug-likeness (QED) is 0.703. The SMILES string of the molecule is Cc1ccnc(Nc2cccc(-c3cnc(I)o3)n2)c1. The second-order valence-corrected chi connectivity index (χ2v) is 5.15. The Morgan fingerprint density at radius 3 is 2.80 bits per heavy atom. The predicted octanol–water partition coefficient (Wildman–Crippen LogP) is 3.79. The molecule has 0 aromatic carbocycles. The molecule has 0 fully saturated rings. The number of nitrogens with one attached hydrogen (secondary N) is 1. The van der Waals surface area contributed by atoms with Crippen molar-refractivity contribution in [2.75, 3.05) is 5.32 Å². The van der Waals surface area contributed by atoms with Crippen molar-refractivity contribution in [3.63, 3.8) is 0 Å². The number of hydrogen-bond donors (Lipinski definition) is 1. The highest BCUT2D eigenvalue weighted by Gasteiger charge is 2.07. The number of anilines is 2. The molecule has 100 valence electrons. The van der Waals surface area contributed by atoms with Crippen molar-refractivity contribution in [2.24, 2.45) is 0 Å².